The number of piperidine rings is 3. The first-order chi connectivity index (χ1) is 22.3. The molecule has 0 bridgehead atoms. The van der Waals surface area contributed by atoms with Crippen molar-refractivity contribution in [1.82, 2.24) is 29.9 Å². The normalized spacial score (nSPS) is 19.3. The number of aryl methyl sites for hydroxylation is 2. The van der Waals surface area contributed by atoms with Crippen LogP contribution in [-0.2, 0) is 16.0 Å². The summed E-state index contributed by atoms with van der Waals surface area (Å²) in [5.41, 5.74) is 2.86. The SMILES string of the molecule is Cc1cc(C[C@@H](OC(=O)N2CCC(n3nc(-c4ccccc4)[nH]c3=O)CC2)C(=O)N2CCC(C3CCNCC3)CC2)cc(C)c1O. The molecule has 3 N–H and O–H groups in total. The van der Waals surface area contributed by atoms with Crippen LogP contribution in [0, 0.1) is 25.7 Å². The Bertz CT molecular complexity index is 1540. The Morgan fingerprint density at radius 2 is 1.52 bits per heavy atom. The maximum Gasteiger partial charge on any atom is 0.410 e. The zero-order valence-corrected chi connectivity index (χ0v) is 26.9. The fourth-order valence-corrected chi connectivity index (χ4v) is 7.47. The lowest BCUT2D eigenvalue weighted by Gasteiger charge is -2.39. The molecular weight excluding hydrogens is 584 g/mol. The molecule has 2 amide bonds. The van der Waals surface area contributed by atoms with Gasteiger partial charge in [0.25, 0.3) is 5.91 Å². The summed E-state index contributed by atoms with van der Waals surface area (Å²) in [7, 11) is 0. The van der Waals surface area contributed by atoms with E-state index in [2.05, 4.69) is 15.4 Å². The maximum absolute atomic E-state index is 14.0. The van der Waals surface area contributed by atoms with Crippen LogP contribution in [0.3, 0.4) is 0 Å². The molecule has 46 heavy (non-hydrogen) atoms. The number of benzene rings is 2. The third kappa shape index (κ3) is 7.14. The summed E-state index contributed by atoms with van der Waals surface area (Å²) in [5, 5.41) is 18.3. The second kappa shape index (κ2) is 14.1. The molecule has 3 aliphatic heterocycles. The van der Waals surface area contributed by atoms with E-state index in [1.54, 1.807) is 4.90 Å². The number of ether oxygens (including phenoxy) is 1. The molecule has 3 aliphatic rings. The summed E-state index contributed by atoms with van der Waals surface area (Å²) >= 11 is 0. The zero-order chi connectivity index (χ0) is 32.2. The average Bonchev–Trinajstić information content (AvgIpc) is 3.48. The van der Waals surface area contributed by atoms with Crippen LogP contribution >= 0.6 is 0 Å². The van der Waals surface area contributed by atoms with E-state index in [1.165, 1.54) is 17.5 Å². The smallest absolute Gasteiger partial charge is 0.410 e. The molecule has 246 valence electrons. The van der Waals surface area contributed by atoms with Gasteiger partial charge >= 0.3 is 11.8 Å². The fraction of sp³-hybridized carbons (Fsp3) is 0.543. The highest BCUT2D eigenvalue weighted by Gasteiger charge is 2.35. The van der Waals surface area contributed by atoms with Gasteiger partial charge in [-0.1, -0.05) is 42.5 Å². The number of aromatic amines is 1. The van der Waals surface area contributed by atoms with Crippen LogP contribution in [-0.4, -0.2) is 87.0 Å². The van der Waals surface area contributed by atoms with E-state index in [0.717, 1.165) is 48.2 Å². The molecule has 0 radical (unpaired) electrons. The van der Waals surface area contributed by atoms with E-state index in [0.29, 0.717) is 56.7 Å². The second-order valence-corrected chi connectivity index (χ2v) is 13.2. The number of likely N-dealkylation sites (tertiary alicyclic amines) is 2. The lowest BCUT2D eigenvalue weighted by Crippen LogP contribution is -2.49. The summed E-state index contributed by atoms with van der Waals surface area (Å²) in [6.07, 6.45) is 4.18. The Labute approximate surface area is 269 Å². The van der Waals surface area contributed by atoms with E-state index in [-0.39, 0.29) is 29.8 Å². The molecular formula is C35H46N6O5. The van der Waals surface area contributed by atoms with Crippen molar-refractivity contribution in [3.8, 4) is 17.1 Å². The fourth-order valence-electron chi connectivity index (χ4n) is 7.47. The van der Waals surface area contributed by atoms with Crippen LogP contribution in [0.5, 0.6) is 5.75 Å². The molecule has 2 aromatic carbocycles. The second-order valence-electron chi connectivity index (χ2n) is 13.2. The summed E-state index contributed by atoms with van der Waals surface area (Å²) < 4.78 is 7.51. The number of rotatable bonds is 7. The minimum Gasteiger partial charge on any atom is -0.507 e. The lowest BCUT2D eigenvalue weighted by molar-refractivity contribution is -0.142. The molecule has 4 heterocycles. The number of phenols is 1. The van der Waals surface area contributed by atoms with Crippen molar-refractivity contribution in [1.29, 1.82) is 0 Å². The highest BCUT2D eigenvalue weighted by molar-refractivity contribution is 5.84. The summed E-state index contributed by atoms with van der Waals surface area (Å²) in [6.45, 7) is 7.92. The number of aromatic hydroxyl groups is 1. The Hall–Kier alpha value is -4.12. The van der Waals surface area contributed by atoms with Crippen LogP contribution in [0.1, 0.15) is 61.3 Å². The third-order valence-electron chi connectivity index (χ3n) is 10.1. The quantitative estimate of drug-likeness (QED) is 0.357. The molecule has 6 rings (SSSR count). The predicted octanol–water partition coefficient (Wildman–Crippen LogP) is 4.18. The van der Waals surface area contributed by atoms with Crippen molar-refractivity contribution < 1.29 is 19.4 Å². The Morgan fingerprint density at radius 3 is 2.17 bits per heavy atom. The number of phenolic OH excluding ortho intramolecular Hbond substituents is 1. The number of nitrogens with zero attached hydrogens (tertiary/aromatic N) is 4. The van der Waals surface area contributed by atoms with E-state index >= 15 is 0 Å². The van der Waals surface area contributed by atoms with Crippen molar-refractivity contribution in [2.24, 2.45) is 11.8 Å². The summed E-state index contributed by atoms with van der Waals surface area (Å²) in [5.74, 6) is 1.93. The van der Waals surface area contributed by atoms with Crippen LogP contribution in [0.15, 0.2) is 47.3 Å². The molecule has 3 aromatic rings. The van der Waals surface area contributed by atoms with Gasteiger partial charge in [0.05, 0.1) is 6.04 Å². The number of carbonyl (C=O) groups is 2. The van der Waals surface area contributed by atoms with Crippen LogP contribution in [0.4, 0.5) is 4.79 Å². The molecule has 11 nitrogen and oxygen atoms in total. The molecule has 0 spiro atoms. The number of amides is 2. The largest absolute Gasteiger partial charge is 0.507 e. The van der Waals surface area contributed by atoms with Gasteiger partial charge in [-0.05, 0) is 94.0 Å². The Kier molecular flexibility index (Phi) is 9.77. The molecule has 3 fully saturated rings. The van der Waals surface area contributed by atoms with E-state index < -0.39 is 12.2 Å². The van der Waals surface area contributed by atoms with Gasteiger partial charge in [-0.2, -0.15) is 0 Å². The monoisotopic (exact) mass is 630 g/mol. The van der Waals surface area contributed by atoms with Crippen molar-refractivity contribution in [2.45, 2.75) is 70.9 Å². The zero-order valence-electron chi connectivity index (χ0n) is 26.9. The highest BCUT2D eigenvalue weighted by atomic mass is 16.6. The van der Waals surface area contributed by atoms with Gasteiger partial charge in [-0.15, -0.1) is 5.10 Å². The first-order valence-corrected chi connectivity index (χ1v) is 16.7. The van der Waals surface area contributed by atoms with Crippen LogP contribution in [0.2, 0.25) is 0 Å². The van der Waals surface area contributed by atoms with Gasteiger partial charge in [0, 0.05) is 38.2 Å². The summed E-state index contributed by atoms with van der Waals surface area (Å²) in [4.78, 5) is 46.6. The molecule has 1 atom stereocenters. The van der Waals surface area contributed by atoms with E-state index in [4.69, 9.17) is 4.74 Å². The maximum atomic E-state index is 14.0. The Balaban J connectivity index is 1.11. The number of hydrogen-bond acceptors (Lipinski definition) is 7. The molecule has 1 aromatic heterocycles. The Morgan fingerprint density at radius 1 is 0.913 bits per heavy atom. The number of hydrogen-bond donors (Lipinski definition) is 3. The molecule has 0 saturated carbocycles. The standard InChI is InChI=1S/C35H46N6O5/c1-23-20-25(21-24(2)31(23)42)22-30(33(43)39-16-10-27(11-17-39)26-8-14-36-15-9-26)46-35(45)40-18-12-29(13-19-40)41-34(44)37-32(38-41)28-6-4-3-5-7-28/h3-7,20-21,26-27,29-30,36,42H,8-19,22H2,1-2H3,(H,37,38,44)/t30-/m1/s1. The van der Waals surface area contributed by atoms with Gasteiger partial charge in [-0.25, -0.2) is 14.3 Å². The van der Waals surface area contributed by atoms with Crippen molar-refractivity contribution in [3.63, 3.8) is 0 Å². The van der Waals surface area contributed by atoms with Crippen molar-refractivity contribution in [3.05, 3.63) is 69.6 Å². The lowest BCUT2D eigenvalue weighted by atomic mass is 9.79. The van der Waals surface area contributed by atoms with Gasteiger partial charge in [0.15, 0.2) is 11.9 Å². The minimum absolute atomic E-state index is 0.146. The van der Waals surface area contributed by atoms with Gasteiger partial charge in [0.2, 0.25) is 0 Å². The van der Waals surface area contributed by atoms with Gasteiger partial charge < -0.3 is 25.0 Å². The van der Waals surface area contributed by atoms with Crippen LogP contribution < -0.4 is 11.0 Å². The van der Waals surface area contributed by atoms with E-state index in [1.807, 2.05) is 61.2 Å². The van der Waals surface area contributed by atoms with Gasteiger partial charge in [-0.3, -0.25) is 9.78 Å². The number of H-pyrrole nitrogens is 1. The minimum atomic E-state index is -0.966. The van der Waals surface area contributed by atoms with Crippen molar-refractivity contribution >= 4 is 12.0 Å². The van der Waals surface area contributed by atoms with Crippen molar-refractivity contribution in [2.75, 3.05) is 39.3 Å². The third-order valence-corrected chi connectivity index (χ3v) is 10.1. The number of carbonyl (C=O) groups excluding carboxylic acids is 2. The first-order valence-electron chi connectivity index (χ1n) is 16.7. The van der Waals surface area contributed by atoms with E-state index in [9.17, 15) is 19.5 Å². The number of nitrogens with one attached hydrogen (secondary N) is 2. The molecule has 0 aliphatic carbocycles. The van der Waals surface area contributed by atoms with Gasteiger partial charge in [0.1, 0.15) is 5.75 Å². The predicted molar refractivity (Wildman–Crippen MR) is 175 cm³/mol. The first kappa shape index (κ1) is 31.8. The molecule has 11 heteroatoms. The van der Waals surface area contributed by atoms with Crippen LogP contribution in [0.25, 0.3) is 11.4 Å². The topological polar surface area (TPSA) is 133 Å². The number of aromatic nitrogens is 3. The highest BCUT2D eigenvalue weighted by Crippen LogP contribution is 2.32. The molecule has 0 unspecified atom stereocenters. The summed E-state index contributed by atoms with van der Waals surface area (Å²) in [6, 6.07) is 13.1. The molecule has 3 saturated heterocycles. The average molecular weight is 631 g/mol.